The first kappa shape index (κ1) is 46.0. The molecule has 0 bridgehead atoms. The van der Waals surface area contributed by atoms with Crippen molar-refractivity contribution in [3.8, 4) is 0 Å². The number of nitrogens with two attached hydrogens (primary N) is 1. The van der Waals surface area contributed by atoms with Crippen LogP contribution >= 0.6 is 0 Å². The molecule has 0 spiro atoms. The molecule has 0 radical (unpaired) electrons. The van der Waals surface area contributed by atoms with Crippen LogP contribution < -0.4 is 5.73 Å². The maximum Gasteiger partial charge on any atom is 0.154 e. The Kier molecular flexibility index (Phi) is 38.6. The van der Waals surface area contributed by atoms with Crippen LogP contribution in [0.4, 0.5) is 0 Å². The van der Waals surface area contributed by atoms with Gasteiger partial charge in [-0.1, -0.05) is 128 Å². The molecule has 0 aromatic heterocycles. The van der Waals surface area contributed by atoms with Crippen LogP contribution in [-0.4, -0.2) is 50.0 Å². The molecular weight excluding hydrogens is 582 g/mol. The Balaban J connectivity index is 4.47. The third kappa shape index (κ3) is 36.1. The zero-order valence-corrected chi connectivity index (χ0v) is 31.7. The highest BCUT2D eigenvalue weighted by atomic mass is 16.6. The molecule has 0 aromatic carbocycles. The normalized spacial score (nSPS) is 14.2. The Labute approximate surface area is 293 Å². The van der Waals surface area contributed by atoms with Gasteiger partial charge in [-0.25, -0.2) is 0 Å². The smallest absolute Gasteiger partial charge is 0.154 e. The van der Waals surface area contributed by atoms with Crippen molar-refractivity contribution in [3.05, 3.63) is 36.5 Å². The van der Waals surface area contributed by atoms with E-state index in [1.165, 1.54) is 109 Å². The van der Waals surface area contributed by atoms with E-state index in [0.717, 1.165) is 57.8 Å². The highest BCUT2D eigenvalue weighted by molar-refractivity contribution is 4.81. The molecule has 0 rings (SSSR count). The molecule has 0 amide bonds. The lowest BCUT2D eigenvalue weighted by molar-refractivity contribution is -0.113. The molecule has 0 aromatic rings. The molecular formula is C42H81NO4. The van der Waals surface area contributed by atoms with Crippen molar-refractivity contribution in [1.29, 1.82) is 0 Å². The number of hydrogen-bond acceptors (Lipinski definition) is 5. The predicted molar refractivity (Wildman–Crippen MR) is 205 cm³/mol. The van der Waals surface area contributed by atoms with Crippen LogP contribution in [0.1, 0.15) is 188 Å². The van der Waals surface area contributed by atoms with E-state index in [-0.39, 0.29) is 12.2 Å². The standard InChI is InChI=1S/C42H81NO4/c1-4-7-10-13-16-19-22-25-28-31-40(35-38-47-42(44)33-30-27-24-21-18-15-12-9-6-3)45-37-34-41(46-39-36-43)32-29-26-23-20-17-14-11-8-5-2/h7-12,40-42,44H,4-6,13-39,43H2,1-3H3/b10-7+,11-8+,12-9+. The first-order valence-electron chi connectivity index (χ1n) is 20.4. The van der Waals surface area contributed by atoms with Crippen LogP contribution in [0.15, 0.2) is 36.5 Å². The lowest BCUT2D eigenvalue weighted by atomic mass is 10.0. The molecule has 0 fully saturated rings. The van der Waals surface area contributed by atoms with E-state index in [1.807, 2.05) is 0 Å². The van der Waals surface area contributed by atoms with Crippen LogP contribution in [0.25, 0.3) is 0 Å². The summed E-state index contributed by atoms with van der Waals surface area (Å²) in [5, 5.41) is 10.4. The summed E-state index contributed by atoms with van der Waals surface area (Å²) >= 11 is 0. The van der Waals surface area contributed by atoms with E-state index in [0.29, 0.717) is 26.4 Å². The summed E-state index contributed by atoms with van der Waals surface area (Å²) in [4.78, 5) is 0. The maximum atomic E-state index is 10.4. The quantitative estimate of drug-likeness (QED) is 0.0391. The largest absolute Gasteiger partial charge is 0.378 e. The van der Waals surface area contributed by atoms with Crippen LogP contribution in [0, 0.1) is 0 Å². The van der Waals surface area contributed by atoms with Crippen LogP contribution in [-0.2, 0) is 14.2 Å². The van der Waals surface area contributed by atoms with Gasteiger partial charge in [0.2, 0.25) is 0 Å². The molecule has 3 unspecified atom stereocenters. The number of aliphatic hydroxyl groups excluding tert-OH is 1. The van der Waals surface area contributed by atoms with E-state index in [9.17, 15) is 5.11 Å². The van der Waals surface area contributed by atoms with Crippen molar-refractivity contribution in [1.82, 2.24) is 0 Å². The molecule has 5 heteroatoms. The first-order chi connectivity index (χ1) is 23.2. The number of allylic oxidation sites excluding steroid dienone is 6. The highest BCUT2D eigenvalue weighted by Crippen LogP contribution is 2.18. The van der Waals surface area contributed by atoms with Gasteiger partial charge in [0, 0.05) is 13.2 Å². The minimum absolute atomic E-state index is 0.174. The van der Waals surface area contributed by atoms with Gasteiger partial charge in [-0.2, -0.15) is 0 Å². The highest BCUT2D eigenvalue weighted by Gasteiger charge is 2.14. The molecule has 0 heterocycles. The van der Waals surface area contributed by atoms with Gasteiger partial charge in [-0.15, -0.1) is 0 Å². The second-order valence-electron chi connectivity index (χ2n) is 13.4. The Morgan fingerprint density at radius 3 is 1.21 bits per heavy atom. The van der Waals surface area contributed by atoms with Crippen LogP contribution in [0.2, 0.25) is 0 Å². The number of rotatable bonds is 38. The van der Waals surface area contributed by atoms with E-state index >= 15 is 0 Å². The molecule has 278 valence electrons. The molecule has 0 aliphatic heterocycles. The molecule has 0 aliphatic rings. The monoisotopic (exact) mass is 664 g/mol. The lowest BCUT2D eigenvalue weighted by Gasteiger charge is -2.22. The average molecular weight is 664 g/mol. The molecule has 3 atom stereocenters. The average Bonchev–Trinajstić information content (AvgIpc) is 3.07. The molecule has 0 saturated heterocycles. The van der Waals surface area contributed by atoms with Crippen molar-refractivity contribution < 1.29 is 19.3 Å². The van der Waals surface area contributed by atoms with Crippen molar-refractivity contribution in [2.24, 2.45) is 5.73 Å². The minimum Gasteiger partial charge on any atom is -0.378 e. The van der Waals surface area contributed by atoms with Gasteiger partial charge in [0.1, 0.15) is 0 Å². The fraction of sp³-hybridized carbons (Fsp3) is 0.857. The fourth-order valence-electron chi connectivity index (χ4n) is 5.94. The zero-order valence-electron chi connectivity index (χ0n) is 31.7. The number of hydrogen-bond donors (Lipinski definition) is 2. The Morgan fingerprint density at radius 2 is 0.787 bits per heavy atom. The topological polar surface area (TPSA) is 73.9 Å². The predicted octanol–water partition coefficient (Wildman–Crippen LogP) is 11.9. The van der Waals surface area contributed by atoms with Gasteiger partial charge in [0.25, 0.3) is 0 Å². The number of aliphatic hydroxyl groups is 1. The Bertz CT molecular complexity index is 680. The second kappa shape index (κ2) is 39.5. The lowest BCUT2D eigenvalue weighted by Crippen LogP contribution is -2.23. The summed E-state index contributed by atoms with van der Waals surface area (Å²) in [6, 6.07) is 0. The van der Waals surface area contributed by atoms with Gasteiger partial charge in [0.05, 0.1) is 25.4 Å². The summed E-state index contributed by atoms with van der Waals surface area (Å²) in [6.45, 7) is 9.03. The van der Waals surface area contributed by atoms with E-state index in [1.54, 1.807) is 0 Å². The van der Waals surface area contributed by atoms with Crippen molar-refractivity contribution >= 4 is 0 Å². The summed E-state index contributed by atoms with van der Waals surface area (Å²) in [5.74, 6) is 0. The van der Waals surface area contributed by atoms with Crippen molar-refractivity contribution in [2.45, 2.75) is 206 Å². The van der Waals surface area contributed by atoms with Gasteiger partial charge in [-0.3, -0.25) is 0 Å². The van der Waals surface area contributed by atoms with Gasteiger partial charge >= 0.3 is 0 Å². The fourth-order valence-corrected chi connectivity index (χ4v) is 5.94. The van der Waals surface area contributed by atoms with Gasteiger partial charge in [-0.05, 0) is 96.3 Å². The Hall–Kier alpha value is -0.980. The van der Waals surface area contributed by atoms with Crippen LogP contribution in [0.5, 0.6) is 0 Å². The van der Waals surface area contributed by atoms with Gasteiger partial charge in [0.15, 0.2) is 6.29 Å². The van der Waals surface area contributed by atoms with E-state index < -0.39 is 6.29 Å². The van der Waals surface area contributed by atoms with Crippen LogP contribution in [0.3, 0.4) is 0 Å². The number of ether oxygens (including phenoxy) is 3. The summed E-state index contributed by atoms with van der Waals surface area (Å²) in [5.41, 5.74) is 5.77. The SMILES string of the molecule is CC/C=C/CCCCCCCC(O)OCCC(CCCCCCC/C=C/CC)OCCC(CCCCCCC/C=C/CC)OCCN. The third-order valence-electron chi connectivity index (χ3n) is 8.84. The summed E-state index contributed by atoms with van der Waals surface area (Å²) in [6.07, 6.45) is 43.8. The molecule has 5 nitrogen and oxygen atoms in total. The number of unbranched alkanes of at least 4 members (excludes halogenated alkanes) is 15. The maximum absolute atomic E-state index is 10.4. The van der Waals surface area contributed by atoms with Crippen molar-refractivity contribution in [3.63, 3.8) is 0 Å². The summed E-state index contributed by atoms with van der Waals surface area (Å²) in [7, 11) is 0. The Morgan fingerprint density at radius 1 is 0.426 bits per heavy atom. The molecule has 0 aliphatic carbocycles. The van der Waals surface area contributed by atoms with Crippen molar-refractivity contribution in [2.75, 3.05) is 26.4 Å². The van der Waals surface area contributed by atoms with E-state index in [4.69, 9.17) is 19.9 Å². The van der Waals surface area contributed by atoms with Gasteiger partial charge < -0.3 is 25.1 Å². The molecule has 47 heavy (non-hydrogen) atoms. The minimum atomic E-state index is -0.660. The zero-order chi connectivity index (χ0) is 34.3. The third-order valence-corrected chi connectivity index (χ3v) is 8.84. The molecule has 3 N–H and O–H groups in total. The van der Waals surface area contributed by atoms with E-state index in [2.05, 4.69) is 57.2 Å². The second-order valence-corrected chi connectivity index (χ2v) is 13.4. The molecule has 0 saturated carbocycles. The summed E-state index contributed by atoms with van der Waals surface area (Å²) < 4.78 is 18.4. The first-order valence-corrected chi connectivity index (χ1v) is 20.4.